The maximum atomic E-state index is 13.9. The van der Waals surface area contributed by atoms with Crippen molar-refractivity contribution in [2.45, 2.75) is 11.4 Å². The molecule has 4 nitrogen and oxygen atoms in total. The number of nitrogens with one attached hydrogen (secondary N) is 1. The highest BCUT2D eigenvalue weighted by Crippen LogP contribution is 2.23. The zero-order chi connectivity index (χ0) is 18.9. The minimum absolute atomic E-state index is 0.163. The first kappa shape index (κ1) is 19.2. The fraction of sp³-hybridized carbons (Fsp3) is 0.294. The number of piperazine rings is 1. The van der Waals surface area contributed by atoms with Crippen molar-refractivity contribution in [3.63, 3.8) is 0 Å². The van der Waals surface area contributed by atoms with Gasteiger partial charge in [-0.25, -0.2) is 21.6 Å². The molecular formula is C17H17ClF3N2O2S+. The molecule has 1 saturated heterocycles. The summed E-state index contributed by atoms with van der Waals surface area (Å²) in [5, 5.41) is 0.636. The largest absolute Gasteiger partial charge is 0.329 e. The smallest absolute Gasteiger partial charge is 0.246 e. The lowest BCUT2D eigenvalue weighted by Crippen LogP contribution is -3.13. The van der Waals surface area contributed by atoms with Gasteiger partial charge in [-0.05, 0) is 24.3 Å². The molecule has 2 aromatic rings. The molecule has 0 unspecified atom stereocenters. The molecule has 140 valence electrons. The van der Waals surface area contributed by atoms with Crippen LogP contribution in [0.4, 0.5) is 13.2 Å². The summed E-state index contributed by atoms with van der Waals surface area (Å²) < 4.78 is 66.5. The Morgan fingerprint density at radius 2 is 1.73 bits per heavy atom. The van der Waals surface area contributed by atoms with Gasteiger partial charge in [0.15, 0.2) is 17.5 Å². The Morgan fingerprint density at radius 1 is 1.04 bits per heavy atom. The summed E-state index contributed by atoms with van der Waals surface area (Å²) in [7, 11) is -4.22. The third-order valence-corrected chi connectivity index (χ3v) is 6.54. The maximum Gasteiger partial charge on any atom is 0.246 e. The van der Waals surface area contributed by atoms with Gasteiger partial charge in [0.05, 0.1) is 26.2 Å². The maximum absolute atomic E-state index is 13.9. The number of halogens is 4. The number of quaternary nitrogens is 1. The Kier molecular flexibility index (Phi) is 5.57. The summed E-state index contributed by atoms with van der Waals surface area (Å²) in [6.45, 7) is 2.04. The molecule has 1 aliphatic heterocycles. The Balaban J connectivity index is 1.70. The molecule has 1 fully saturated rings. The van der Waals surface area contributed by atoms with E-state index in [-0.39, 0.29) is 13.1 Å². The Morgan fingerprint density at radius 3 is 2.38 bits per heavy atom. The molecule has 0 saturated carbocycles. The molecule has 1 heterocycles. The highest BCUT2D eigenvalue weighted by atomic mass is 35.5. The van der Waals surface area contributed by atoms with Gasteiger partial charge in [-0.3, -0.25) is 0 Å². The summed E-state index contributed by atoms with van der Waals surface area (Å²) in [4.78, 5) is 0.319. The number of rotatable bonds is 4. The first-order chi connectivity index (χ1) is 12.3. The zero-order valence-electron chi connectivity index (χ0n) is 13.7. The van der Waals surface area contributed by atoms with Gasteiger partial charge in [0, 0.05) is 10.6 Å². The molecule has 0 aromatic heterocycles. The van der Waals surface area contributed by atoms with Crippen LogP contribution in [0.1, 0.15) is 5.56 Å². The summed E-state index contributed by atoms with van der Waals surface area (Å²) in [6.07, 6.45) is 0. The van der Waals surface area contributed by atoms with E-state index in [0.29, 0.717) is 30.7 Å². The minimum atomic E-state index is -4.22. The lowest BCUT2D eigenvalue weighted by molar-refractivity contribution is -0.917. The third kappa shape index (κ3) is 3.88. The van der Waals surface area contributed by atoms with Crippen LogP contribution in [0.2, 0.25) is 5.02 Å². The van der Waals surface area contributed by atoms with Gasteiger partial charge in [-0.1, -0.05) is 23.7 Å². The van der Waals surface area contributed by atoms with Crippen LogP contribution in [0, 0.1) is 17.5 Å². The second-order valence-corrected chi connectivity index (χ2v) is 8.48. The lowest BCUT2D eigenvalue weighted by Gasteiger charge is -2.31. The molecule has 0 aliphatic carbocycles. The average Bonchev–Trinajstić information content (AvgIpc) is 2.60. The van der Waals surface area contributed by atoms with Gasteiger partial charge in [-0.2, -0.15) is 4.31 Å². The van der Waals surface area contributed by atoms with Crippen LogP contribution in [0.3, 0.4) is 0 Å². The van der Waals surface area contributed by atoms with E-state index in [2.05, 4.69) is 0 Å². The molecule has 0 spiro atoms. The fourth-order valence-corrected chi connectivity index (χ4v) is 4.71. The van der Waals surface area contributed by atoms with E-state index in [1.165, 1.54) is 0 Å². The predicted octanol–water partition coefficient (Wildman–Crippen LogP) is 1.85. The van der Waals surface area contributed by atoms with Gasteiger partial charge in [0.2, 0.25) is 10.0 Å². The Labute approximate surface area is 154 Å². The number of benzene rings is 2. The second kappa shape index (κ2) is 7.56. The Bertz CT molecular complexity index is 916. The normalized spacial score (nSPS) is 16.8. The number of nitrogens with zero attached hydrogens (tertiary/aromatic N) is 1. The molecule has 1 aliphatic rings. The molecule has 3 rings (SSSR count). The van der Waals surface area contributed by atoms with Crippen molar-refractivity contribution in [2.24, 2.45) is 0 Å². The molecular weight excluding hydrogens is 389 g/mol. The van der Waals surface area contributed by atoms with Crippen LogP contribution < -0.4 is 4.90 Å². The quantitative estimate of drug-likeness (QED) is 0.789. The number of sulfonamides is 1. The van der Waals surface area contributed by atoms with Crippen molar-refractivity contribution < 1.29 is 26.5 Å². The summed E-state index contributed by atoms with van der Waals surface area (Å²) in [5.74, 6) is -4.88. The molecule has 2 aromatic carbocycles. The van der Waals surface area contributed by atoms with E-state index in [0.717, 1.165) is 20.8 Å². The standard InChI is InChI=1S/C17H16ClF3N2O2S/c18-13-3-1-2-12(10-13)11-22-6-8-23(9-7-22)26(24,25)15-5-4-14(19)16(20)17(15)21/h1-5,10H,6-9,11H2/p+1. The monoisotopic (exact) mass is 405 g/mol. The van der Waals surface area contributed by atoms with E-state index < -0.39 is 32.4 Å². The first-order valence-corrected chi connectivity index (χ1v) is 9.82. The first-order valence-electron chi connectivity index (χ1n) is 8.00. The highest BCUT2D eigenvalue weighted by molar-refractivity contribution is 7.89. The zero-order valence-corrected chi connectivity index (χ0v) is 15.3. The van der Waals surface area contributed by atoms with Crippen LogP contribution in [-0.2, 0) is 16.6 Å². The van der Waals surface area contributed by atoms with Crippen LogP contribution >= 0.6 is 11.6 Å². The fourth-order valence-electron chi connectivity index (χ4n) is 3.00. The van der Waals surface area contributed by atoms with E-state index >= 15 is 0 Å². The highest BCUT2D eigenvalue weighted by Gasteiger charge is 2.33. The second-order valence-electron chi connectivity index (χ2n) is 6.13. The number of hydrogen-bond donors (Lipinski definition) is 1. The van der Waals surface area contributed by atoms with Crippen LogP contribution in [0.5, 0.6) is 0 Å². The summed E-state index contributed by atoms with van der Waals surface area (Å²) >= 11 is 5.96. The number of hydrogen-bond acceptors (Lipinski definition) is 2. The molecule has 0 bridgehead atoms. The molecule has 26 heavy (non-hydrogen) atoms. The van der Waals surface area contributed by atoms with Crippen molar-refractivity contribution in [3.05, 3.63) is 64.4 Å². The molecule has 0 radical (unpaired) electrons. The van der Waals surface area contributed by atoms with E-state index in [9.17, 15) is 21.6 Å². The van der Waals surface area contributed by atoms with E-state index in [1.54, 1.807) is 6.07 Å². The van der Waals surface area contributed by atoms with Gasteiger partial charge < -0.3 is 4.90 Å². The van der Waals surface area contributed by atoms with E-state index in [1.807, 2.05) is 18.2 Å². The van der Waals surface area contributed by atoms with Crippen molar-refractivity contribution >= 4 is 21.6 Å². The third-order valence-electron chi connectivity index (χ3n) is 4.39. The summed E-state index contributed by atoms with van der Waals surface area (Å²) in [5.41, 5.74) is 1.04. The lowest BCUT2D eigenvalue weighted by atomic mass is 10.2. The van der Waals surface area contributed by atoms with Crippen molar-refractivity contribution in [3.8, 4) is 0 Å². The van der Waals surface area contributed by atoms with Gasteiger partial charge in [0.1, 0.15) is 11.4 Å². The van der Waals surface area contributed by atoms with Gasteiger partial charge in [0.25, 0.3) is 0 Å². The Hall–Kier alpha value is -1.61. The summed E-state index contributed by atoms with van der Waals surface area (Å²) in [6, 6.07) is 8.80. The molecule has 1 N–H and O–H groups in total. The van der Waals surface area contributed by atoms with Crippen LogP contribution in [-0.4, -0.2) is 38.9 Å². The predicted molar refractivity (Wildman–Crippen MR) is 90.9 cm³/mol. The molecule has 9 heteroatoms. The minimum Gasteiger partial charge on any atom is -0.329 e. The van der Waals surface area contributed by atoms with Gasteiger partial charge >= 0.3 is 0 Å². The van der Waals surface area contributed by atoms with Crippen molar-refractivity contribution in [1.29, 1.82) is 0 Å². The van der Waals surface area contributed by atoms with Crippen molar-refractivity contribution in [1.82, 2.24) is 4.31 Å². The van der Waals surface area contributed by atoms with Gasteiger partial charge in [-0.15, -0.1) is 0 Å². The molecule has 0 atom stereocenters. The SMILES string of the molecule is O=S(=O)(c1ccc(F)c(F)c1F)N1CC[NH+](Cc2cccc(Cl)c2)CC1. The topological polar surface area (TPSA) is 41.8 Å². The van der Waals surface area contributed by atoms with Crippen molar-refractivity contribution in [2.75, 3.05) is 26.2 Å². The van der Waals surface area contributed by atoms with Crippen LogP contribution in [0.15, 0.2) is 41.3 Å². The van der Waals surface area contributed by atoms with Crippen LogP contribution in [0.25, 0.3) is 0 Å². The molecule has 0 amide bonds. The van der Waals surface area contributed by atoms with E-state index in [4.69, 9.17) is 11.6 Å². The average molecular weight is 406 g/mol.